The number of rotatable bonds is 6. The quantitative estimate of drug-likeness (QED) is 0.659. The first-order valence-corrected chi connectivity index (χ1v) is 10.1. The molecule has 4 rings (SSSR count). The zero-order valence-corrected chi connectivity index (χ0v) is 17.1. The molecule has 2 heterocycles. The molecule has 29 heavy (non-hydrogen) atoms. The van der Waals surface area contributed by atoms with Crippen molar-refractivity contribution in [3.05, 3.63) is 65.0 Å². The number of carbonyl (C=O) groups excluding carboxylic acids is 1. The van der Waals surface area contributed by atoms with Crippen LogP contribution >= 0.6 is 11.3 Å². The molecule has 1 aromatic heterocycles. The number of nitrogens with zero attached hydrogens (tertiary/aromatic N) is 1. The molecular weight excluding hydrogens is 388 g/mol. The summed E-state index contributed by atoms with van der Waals surface area (Å²) in [7, 11) is 3.19. The first kappa shape index (κ1) is 19.1. The number of ether oxygens (including phenoxy) is 3. The van der Waals surface area contributed by atoms with Gasteiger partial charge in [0.05, 0.1) is 36.3 Å². The third kappa shape index (κ3) is 3.86. The van der Waals surface area contributed by atoms with Crippen LogP contribution in [0.25, 0.3) is 0 Å². The molecular formula is C22H22N2O4S. The van der Waals surface area contributed by atoms with Crippen molar-refractivity contribution in [2.45, 2.75) is 6.54 Å². The third-order valence-electron chi connectivity index (χ3n) is 4.73. The van der Waals surface area contributed by atoms with E-state index in [-0.39, 0.29) is 5.91 Å². The van der Waals surface area contributed by atoms with Gasteiger partial charge in [-0.1, -0.05) is 24.3 Å². The van der Waals surface area contributed by atoms with Gasteiger partial charge in [-0.25, -0.2) is 0 Å². The van der Waals surface area contributed by atoms with Crippen LogP contribution < -0.4 is 24.4 Å². The van der Waals surface area contributed by atoms with E-state index in [9.17, 15) is 4.79 Å². The molecule has 7 heteroatoms. The summed E-state index contributed by atoms with van der Waals surface area (Å²) in [4.78, 5) is 15.5. The Morgan fingerprint density at radius 3 is 2.79 bits per heavy atom. The van der Waals surface area contributed by atoms with E-state index in [2.05, 4.69) is 10.2 Å². The normalized spacial score (nSPS) is 12.7. The number of benzene rings is 2. The van der Waals surface area contributed by atoms with Crippen LogP contribution in [0.3, 0.4) is 0 Å². The summed E-state index contributed by atoms with van der Waals surface area (Å²) < 4.78 is 16.5. The average molecular weight is 410 g/mol. The molecule has 2 aromatic carbocycles. The highest BCUT2D eigenvalue weighted by Crippen LogP contribution is 2.39. The summed E-state index contributed by atoms with van der Waals surface area (Å²) in [5.41, 5.74) is 1.88. The number of nitrogens with one attached hydrogen (secondary N) is 1. The van der Waals surface area contributed by atoms with Crippen molar-refractivity contribution in [2.24, 2.45) is 0 Å². The van der Waals surface area contributed by atoms with Gasteiger partial charge < -0.3 is 24.4 Å². The van der Waals surface area contributed by atoms with Crippen molar-refractivity contribution in [1.29, 1.82) is 0 Å². The molecule has 0 saturated heterocycles. The van der Waals surface area contributed by atoms with Gasteiger partial charge in [-0.2, -0.15) is 0 Å². The second-order valence-electron chi connectivity index (χ2n) is 6.44. The Morgan fingerprint density at radius 2 is 1.97 bits per heavy atom. The van der Waals surface area contributed by atoms with Gasteiger partial charge in [0.25, 0.3) is 5.91 Å². The van der Waals surface area contributed by atoms with Crippen LogP contribution in [0.5, 0.6) is 17.2 Å². The summed E-state index contributed by atoms with van der Waals surface area (Å²) in [5.74, 6) is 2.02. The summed E-state index contributed by atoms with van der Waals surface area (Å²) in [6, 6.07) is 17.4. The van der Waals surface area contributed by atoms with E-state index in [4.69, 9.17) is 14.2 Å². The van der Waals surface area contributed by atoms with Crippen LogP contribution in [0, 0.1) is 0 Å². The fraction of sp³-hybridized carbons (Fsp3) is 0.227. The highest BCUT2D eigenvalue weighted by atomic mass is 32.1. The van der Waals surface area contributed by atoms with E-state index in [1.165, 1.54) is 11.3 Å². The monoisotopic (exact) mass is 410 g/mol. The van der Waals surface area contributed by atoms with Crippen molar-refractivity contribution in [2.75, 3.05) is 32.3 Å². The van der Waals surface area contributed by atoms with Crippen molar-refractivity contribution >= 4 is 27.9 Å². The summed E-state index contributed by atoms with van der Waals surface area (Å²) >= 11 is 1.47. The number of hydrogen-bond acceptors (Lipinski definition) is 6. The highest BCUT2D eigenvalue weighted by molar-refractivity contribution is 7.18. The smallest absolute Gasteiger partial charge is 0.261 e. The van der Waals surface area contributed by atoms with Crippen molar-refractivity contribution in [1.82, 2.24) is 5.32 Å². The van der Waals surface area contributed by atoms with Crippen LogP contribution in [0.15, 0.2) is 54.6 Å². The maximum absolute atomic E-state index is 12.7. The lowest BCUT2D eigenvalue weighted by Gasteiger charge is -2.29. The molecule has 0 aliphatic carbocycles. The molecule has 0 unspecified atom stereocenters. The number of carbonyl (C=O) groups is 1. The minimum absolute atomic E-state index is 0.118. The fourth-order valence-electron chi connectivity index (χ4n) is 3.35. The van der Waals surface area contributed by atoms with E-state index >= 15 is 0 Å². The Hall–Kier alpha value is -3.19. The lowest BCUT2D eigenvalue weighted by atomic mass is 10.2. The first-order valence-electron chi connectivity index (χ1n) is 9.28. The molecule has 0 fully saturated rings. The number of amides is 1. The fourth-order valence-corrected chi connectivity index (χ4v) is 4.31. The summed E-state index contributed by atoms with van der Waals surface area (Å²) in [5, 5.41) is 3.99. The second-order valence-corrected chi connectivity index (χ2v) is 7.50. The zero-order valence-electron chi connectivity index (χ0n) is 16.3. The Balaban J connectivity index is 1.48. The molecule has 0 bridgehead atoms. The molecule has 0 spiro atoms. The van der Waals surface area contributed by atoms with Crippen LogP contribution in [-0.2, 0) is 6.54 Å². The van der Waals surface area contributed by atoms with Crippen molar-refractivity contribution in [3.8, 4) is 17.2 Å². The molecule has 0 radical (unpaired) electrons. The van der Waals surface area contributed by atoms with E-state index in [0.29, 0.717) is 29.5 Å². The molecule has 0 atom stereocenters. The van der Waals surface area contributed by atoms with Gasteiger partial charge in [0.15, 0.2) is 11.5 Å². The first-order chi connectivity index (χ1) is 14.2. The Morgan fingerprint density at radius 1 is 1.10 bits per heavy atom. The third-order valence-corrected chi connectivity index (χ3v) is 5.84. The maximum Gasteiger partial charge on any atom is 0.261 e. The molecule has 150 valence electrons. The Bertz CT molecular complexity index is 1020. The number of fused-ring (bicyclic) bond motifs is 1. The van der Waals surface area contributed by atoms with E-state index in [1.807, 2.05) is 54.6 Å². The minimum atomic E-state index is -0.118. The Kier molecular flexibility index (Phi) is 5.57. The van der Waals surface area contributed by atoms with Gasteiger partial charge in [-0.05, 0) is 30.3 Å². The SMILES string of the molecule is COc1cccc(CNC(=O)c2ccc(N3CCOc4ccccc43)s2)c1OC. The van der Waals surface area contributed by atoms with E-state index in [1.54, 1.807) is 14.2 Å². The standard InChI is InChI=1S/C22H22N2O4S/c1-26-18-9-5-6-15(21(18)27-2)14-23-22(25)19-10-11-20(29-19)24-12-13-28-17-8-4-3-7-16(17)24/h3-11H,12-14H2,1-2H3,(H,23,25). The minimum Gasteiger partial charge on any atom is -0.493 e. The molecule has 1 amide bonds. The number of anilines is 2. The van der Waals surface area contributed by atoms with Gasteiger partial charge in [0, 0.05) is 12.1 Å². The number of thiophene rings is 1. The van der Waals surface area contributed by atoms with Gasteiger partial charge in [-0.3, -0.25) is 4.79 Å². The number of methoxy groups -OCH3 is 2. The Labute approximate surface area is 173 Å². The van der Waals surface area contributed by atoms with Crippen molar-refractivity contribution in [3.63, 3.8) is 0 Å². The van der Waals surface area contributed by atoms with Crippen LogP contribution in [0.2, 0.25) is 0 Å². The molecule has 1 aliphatic rings. The van der Waals surface area contributed by atoms with Crippen molar-refractivity contribution < 1.29 is 19.0 Å². The molecule has 1 N–H and O–H groups in total. The predicted molar refractivity (Wildman–Crippen MR) is 114 cm³/mol. The van der Waals surface area contributed by atoms with E-state index < -0.39 is 0 Å². The van der Waals surface area contributed by atoms with Crippen LogP contribution in [0.1, 0.15) is 15.2 Å². The van der Waals surface area contributed by atoms with Gasteiger partial charge in [-0.15, -0.1) is 11.3 Å². The van der Waals surface area contributed by atoms with Gasteiger partial charge >= 0.3 is 0 Å². The zero-order chi connectivity index (χ0) is 20.2. The maximum atomic E-state index is 12.7. The number of hydrogen-bond donors (Lipinski definition) is 1. The van der Waals surface area contributed by atoms with Gasteiger partial charge in [0.2, 0.25) is 0 Å². The molecule has 6 nitrogen and oxygen atoms in total. The van der Waals surface area contributed by atoms with Gasteiger partial charge in [0.1, 0.15) is 12.4 Å². The summed E-state index contributed by atoms with van der Waals surface area (Å²) in [6.07, 6.45) is 0. The molecule has 1 aliphatic heterocycles. The lowest BCUT2D eigenvalue weighted by Crippen LogP contribution is -2.27. The topological polar surface area (TPSA) is 60.0 Å². The molecule has 3 aromatic rings. The predicted octanol–water partition coefficient (Wildman–Crippen LogP) is 4.23. The second kappa shape index (κ2) is 8.45. The number of para-hydroxylation sites is 3. The van der Waals surface area contributed by atoms with Crippen LogP contribution in [-0.4, -0.2) is 33.3 Å². The largest absolute Gasteiger partial charge is 0.493 e. The van der Waals surface area contributed by atoms with Crippen LogP contribution in [0.4, 0.5) is 10.7 Å². The highest BCUT2D eigenvalue weighted by Gasteiger charge is 2.21. The summed E-state index contributed by atoms with van der Waals surface area (Å²) in [6.45, 7) is 1.72. The molecule has 0 saturated carbocycles. The average Bonchev–Trinajstić information content (AvgIpc) is 3.26. The van der Waals surface area contributed by atoms with E-state index in [0.717, 1.165) is 28.5 Å². The lowest BCUT2D eigenvalue weighted by molar-refractivity contribution is 0.0954.